The lowest BCUT2D eigenvalue weighted by molar-refractivity contribution is -0.137. The lowest BCUT2D eigenvalue weighted by Crippen LogP contribution is -2.09. The normalized spacial score (nSPS) is 12.0. The number of anilines is 1. The molecule has 4 rings (SSSR count). The van der Waals surface area contributed by atoms with Crippen LogP contribution < -0.4 is 10.1 Å². The van der Waals surface area contributed by atoms with Crippen molar-refractivity contribution in [3.63, 3.8) is 0 Å². The number of rotatable bonds is 7. The van der Waals surface area contributed by atoms with Gasteiger partial charge in [-0.25, -0.2) is 9.97 Å². The molecular weight excluding hydrogens is 495 g/mol. The molecule has 2 heterocycles. The first kappa shape index (κ1) is 24.9. The minimum atomic E-state index is -4.64. The van der Waals surface area contributed by atoms with Crippen molar-refractivity contribution in [3.05, 3.63) is 106 Å². The van der Waals surface area contributed by atoms with Gasteiger partial charge in [-0.2, -0.15) is 18.4 Å². The van der Waals surface area contributed by atoms with E-state index in [0.29, 0.717) is 16.9 Å². The van der Waals surface area contributed by atoms with Crippen LogP contribution in [0.1, 0.15) is 34.2 Å². The molecule has 2 N–H and O–H groups in total. The van der Waals surface area contributed by atoms with Gasteiger partial charge in [0.1, 0.15) is 29.5 Å². The smallest absolute Gasteiger partial charge is 0.417 e. The summed E-state index contributed by atoms with van der Waals surface area (Å²) in [5.74, 6) is 0.633. The Morgan fingerprint density at radius 2 is 1.94 bits per heavy atom. The fourth-order valence-electron chi connectivity index (χ4n) is 3.26. The van der Waals surface area contributed by atoms with E-state index in [1.165, 1.54) is 24.5 Å². The van der Waals surface area contributed by atoms with Gasteiger partial charge in [0, 0.05) is 30.7 Å². The number of aliphatic hydroxyl groups excluding tert-OH is 1. The first-order valence-electron chi connectivity index (χ1n) is 10.5. The Balaban J connectivity index is 1.47. The molecule has 0 aliphatic heterocycles. The third-order valence-electron chi connectivity index (χ3n) is 5.03. The van der Waals surface area contributed by atoms with Crippen LogP contribution in [0.4, 0.5) is 19.0 Å². The summed E-state index contributed by atoms with van der Waals surface area (Å²) < 4.78 is 44.9. The van der Waals surface area contributed by atoms with Gasteiger partial charge in [-0.3, -0.25) is 4.98 Å². The van der Waals surface area contributed by atoms with E-state index in [4.69, 9.17) is 16.3 Å². The molecule has 36 heavy (non-hydrogen) atoms. The first-order valence-corrected chi connectivity index (χ1v) is 10.8. The van der Waals surface area contributed by atoms with Gasteiger partial charge < -0.3 is 15.2 Å². The number of alkyl halides is 3. The largest absolute Gasteiger partial charge is 0.456 e. The van der Waals surface area contributed by atoms with Crippen LogP contribution in [-0.4, -0.2) is 20.1 Å². The number of benzene rings is 2. The van der Waals surface area contributed by atoms with Crippen LogP contribution in [0.15, 0.2) is 73.2 Å². The van der Waals surface area contributed by atoms with Crippen molar-refractivity contribution in [1.29, 1.82) is 5.26 Å². The van der Waals surface area contributed by atoms with Crippen molar-refractivity contribution < 1.29 is 23.0 Å². The second-order valence-electron chi connectivity index (χ2n) is 7.53. The van der Waals surface area contributed by atoms with Crippen LogP contribution in [0.25, 0.3) is 0 Å². The number of nitriles is 1. The molecule has 7 nitrogen and oxygen atoms in total. The second-order valence-corrected chi connectivity index (χ2v) is 7.93. The van der Waals surface area contributed by atoms with Gasteiger partial charge in [0.2, 0.25) is 0 Å². The third kappa shape index (κ3) is 5.89. The molecule has 2 aromatic carbocycles. The lowest BCUT2D eigenvalue weighted by Gasteiger charge is -2.13. The topological polar surface area (TPSA) is 104 Å². The standard InChI is InChI=1S/C25H17ClF3N5O2/c26-20-5-4-18(11-19(20)25(27,28)29)36-21-6-3-15(10-17(21)12-30)13-33-22-7-9-32-24(34-22)23(35)16-2-1-8-31-14-16/h1-11,14,23,35H,13H2,(H,32,33,34). The van der Waals surface area contributed by atoms with Crippen LogP contribution in [0.5, 0.6) is 11.5 Å². The maximum Gasteiger partial charge on any atom is 0.417 e. The predicted octanol–water partition coefficient (Wildman–Crippen LogP) is 5.90. The minimum Gasteiger partial charge on any atom is -0.456 e. The summed E-state index contributed by atoms with van der Waals surface area (Å²) in [5.41, 5.74) is 0.345. The Kier molecular flexibility index (Phi) is 7.33. The summed E-state index contributed by atoms with van der Waals surface area (Å²) in [5, 5.41) is 22.7. The zero-order chi connectivity index (χ0) is 25.7. The third-order valence-corrected chi connectivity index (χ3v) is 5.36. The molecule has 0 radical (unpaired) electrons. The minimum absolute atomic E-state index is 0.0978. The van der Waals surface area contributed by atoms with Gasteiger partial charge in [0.25, 0.3) is 0 Å². The van der Waals surface area contributed by atoms with Crippen molar-refractivity contribution >= 4 is 17.4 Å². The monoisotopic (exact) mass is 511 g/mol. The number of nitrogens with one attached hydrogen (secondary N) is 1. The Labute approximate surface area is 208 Å². The van der Waals surface area contributed by atoms with Crippen molar-refractivity contribution in [2.75, 3.05) is 5.32 Å². The highest BCUT2D eigenvalue weighted by Gasteiger charge is 2.33. The zero-order valence-electron chi connectivity index (χ0n) is 18.4. The summed E-state index contributed by atoms with van der Waals surface area (Å²) in [6.07, 6.45) is -1.07. The zero-order valence-corrected chi connectivity index (χ0v) is 19.1. The lowest BCUT2D eigenvalue weighted by atomic mass is 10.1. The average Bonchev–Trinajstić information content (AvgIpc) is 2.88. The fourth-order valence-corrected chi connectivity index (χ4v) is 3.48. The van der Waals surface area contributed by atoms with Crippen LogP contribution >= 0.6 is 11.6 Å². The van der Waals surface area contributed by atoms with Gasteiger partial charge in [-0.1, -0.05) is 23.7 Å². The van der Waals surface area contributed by atoms with E-state index in [-0.39, 0.29) is 29.4 Å². The number of nitrogens with zero attached hydrogens (tertiary/aromatic N) is 4. The van der Waals surface area contributed by atoms with E-state index in [9.17, 15) is 23.5 Å². The molecule has 0 aliphatic carbocycles. The van der Waals surface area contributed by atoms with E-state index in [1.54, 1.807) is 36.5 Å². The number of hydrogen-bond donors (Lipinski definition) is 2. The summed E-state index contributed by atoms with van der Waals surface area (Å²) >= 11 is 5.65. The molecule has 0 saturated carbocycles. The quantitative estimate of drug-likeness (QED) is 0.318. The molecule has 0 spiro atoms. The van der Waals surface area contributed by atoms with Crippen molar-refractivity contribution in [1.82, 2.24) is 15.0 Å². The molecule has 11 heteroatoms. The number of aliphatic hydroxyl groups is 1. The van der Waals surface area contributed by atoms with Crippen LogP contribution in [0, 0.1) is 11.3 Å². The van der Waals surface area contributed by atoms with Crippen LogP contribution in [0.3, 0.4) is 0 Å². The maximum atomic E-state index is 13.1. The van der Waals surface area contributed by atoms with Crippen LogP contribution in [0.2, 0.25) is 5.02 Å². The first-order chi connectivity index (χ1) is 17.2. The molecule has 4 aromatic rings. The Morgan fingerprint density at radius 1 is 1.11 bits per heavy atom. The van der Waals surface area contributed by atoms with Crippen molar-refractivity contribution in [3.8, 4) is 17.6 Å². The molecule has 182 valence electrons. The Bertz CT molecular complexity index is 1410. The van der Waals surface area contributed by atoms with E-state index >= 15 is 0 Å². The molecule has 0 saturated heterocycles. The van der Waals surface area contributed by atoms with Gasteiger partial charge in [-0.05, 0) is 48.0 Å². The molecule has 1 atom stereocenters. The number of ether oxygens (including phenoxy) is 1. The number of hydrogen-bond acceptors (Lipinski definition) is 7. The summed E-state index contributed by atoms with van der Waals surface area (Å²) in [7, 11) is 0. The number of halogens is 4. The van der Waals surface area contributed by atoms with E-state index in [1.807, 2.05) is 6.07 Å². The Morgan fingerprint density at radius 3 is 2.67 bits per heavy atom. The molecule has 0 amide bonds. The second kappa shape index (κ2) is 10.6. The molecule has 0 bridgehead atoms. The highest BCUT2D eigenvalue weighted by molar-refractivity contribution is 6.31. The molecule has 0 aliphatic rings. The van der Waals surface area contributed by atoms with Gasteiger partial charge in [0.05, 0.1) is 16.1 Å². The molecule has 0 fully saturated rings. The maximum absolute atomic E-state index is 13.1. The summed E-state index contributed by atoms with van der Waals surface area (Å²) in [6.45, 7) is 0.271. The van der Waals surface area contributed by atoms with E-state index < -0.39 is 22.9 Å². The van der Waals surface area contributed by atoms with Gasteiger partial charge in [0.15, 0.2) is 5.82 Å². The SMILES string of the molecule is N#Cc1cc(CNc2ccnc(C(O)c3cccnc3)n2)ccc1Oc1ccc(Cl)c(C(F)(F)F)c1. The van der Waals surface area contributed by atoms with E-state index in [0.717, 1.165) is 12.1 Å². The predicted molar refractivity (Wildman–Crippen MR) is 125 cm³/mol. The Hall–Kier alpha value is -4.20. The van der Waals surface area contributed by atoms with Gasteiger partial charge >= 0.3 is 6.18 Å². The van der Waals surface area contributed by atoms with Gasteiger partial charge in [-0.15, -0.1) is 0 Å². The average molecular weight is 512 g/mol. The van der Waals surface area contributed by atoms with Crippen molar-refractivity contribution in [2.24, 2.45) is 0 Å². The highest BCUT2D eigenvalue weighted by Crippen LogP contribution is 2.38. The highest BCUT2D eigenvalue weighted by atomic mass is 35.5. The van der Waals surface area contributed by atoms with E-state index in [2.05, 4.69) is 20.3 Å². The van der Waals surface area contributed by atoms with Crippen molar-refractivity contribution in [2.45, 2.75) is 18.8 Å². The summed E-state index contributed by atoms with van der Waals surface area (Å²) in [4.78, 5) is 12.4. The van der Waals surface area contributed by atoms with Crippen LogP contribution in [-0.2, 0) is 12.7 Å². The fraction of sp³-hybridized carbons (Fsp3) is 0.120. The number of aromatic nitrogens is 3. The number of pyridine rings is 1. The summed E-state index contributed by atoms with van der Waals surface area (Å²) in [6, 6.07) is 14.9. The molecular formula is C25H17ClF3N5O2. The molecule has 2 aromatic heterocycles. The molecule has 1 unspecified atom stereocenters.